The summed E-state index contributed by atoms with van der Waals surface area (Å²) in [7, 11) is -12.8. The molecule has 0 aromatic heterocycles. The van der Waals surface area contributed by atoms with Crippen LogP contribution in [0.5, 0.6) is 0 Å². The summed E-state index contributed by atoms with van der Waals surface area (Å²) in [6, 6.07) is 170. The predicted octanol–water partition coefficient (Wildman–Crippen LogP) is 11.5. The lowest BCUT2D eigenvalue weighted by Gasteiger charge is -2.39. The number of hydrogen-bond donors (Lipinski definition) is 0. The van der Waals surface area contributed by atoms with Crippen LogP contribution in [0.3, 0.4) is 0 Å². The quantitative estimate of drug-likeness (QED) is 0.0668. The number of hydrogen-bond acceptors (Lipinski definition) is 0. The fourth-order valence-corrected chi connectivity index (χ4v) is 37.5. The first-order valence-electron chi connectivity index (χ1n) is 35.4. The second-order valence-corrected chi connectivity index (χ2v) is 42.4. The van der Waals surface area contributed by atoms with E-state index in [2.05, 4.69) is 437 Å². The van der Waals surface area contributed by atoms with E-state index in [1.165, 1.54) is 127 Å². The van der Waals surface area contributed by atoms with Gasteiger partial charge in [-0.15, -0.1) is 0 Å². The second kappa shape index (κ2) is 25.6. The van der Waals surface area contributed by atoms with Crippen LogP contribution in [0.25, 0.3) is 22.3 Å². The van der Waals surface area contributed by atoms with Gasteiger partial charge in [0.1, 0.15) is 0 Å². The Labute approximate surface area is 597 Å². The summed E-state index contributed by atoms with van der Waals surface area (Å²) in [5.74, 6) is 0. The topological polar surface area (TPSA) is 0 Å². The summed E-state index contributed by atoms with van der Waals surface area (Å²) >= 11 is 0. The summed E-state index contributed by atoms with van der Waals surface area (Å²) in [4.78, 5) is 0. The minimum atomic E-state index is -3.20. The Morgan fingerprint density at radius 2 is 0.238 bits per heavy atom. The summed E-state index contributed by atoms with van der Waals surface area (Å²) < 4.78 is 0. The summed E-state index contributed by atoms with van der Waals surface area (Å²) in [5.41, 5.74) is 9.44. The highest BCUT2D eigenvalue weighted by Crippen LogP contribution is 2.62. The van der Waals surface area contributed by atoms with Crippen molar-refractivity contribution < 1.29 is 0 Å². The molecule has 0 aliphatic heterocycles. The van der Waals surface area contributed by atoms with Crippen molar-refractivity contribution in [2.75, 3.05) is 0 Å². The number of benzene rings is 16. The molecule has 476 valence electrons. The Bertz CT molecular complexity index is 4500. The van der Waals surface area contributed by atoms with Gasteiger partial charge in [-0.25, -0.2) is 0 Å². The van der Waals surface area contributed by atoms with E-state index in [-0.39, 0.29) is 0 Å². The van der Waals surface area contributed by atoms with Crippen molar-refractivity contribution in [2.45, 2.75) is 5.41 Å². The smallest absolute Gasteiger partial charge is 0.0623 e. The monoisotopic (exact) mass is 1350 g/mol. The van der Waals surface area contributed by atoms with E-state index >= 15 is 0 Å². The third-order valence-corrected chi connectivity index (χ3v) is 41.6. The third kappa shape index (κ3) is 9.44. The SMILES string of the molecule is c1ccc([Si](c2ccccc2)(c2ccccc2)c2ccc3c(c2)C2(c4cc([Si](c5ccccc5)(c5ccccc5)c5ccccc5)ccc4-3)c3cc([Si](c4ccccc4)(c4ccccc4)c4ccccc4)ccc3-c3ccc([Si](c4ccccc4)(c4ccccc4)c4ccccc4)cc32)cc1. The molecule has 0 amide bonds. The van der Waals surface area contributed by atoms with Crippen LogP contribution < -0.4 is 83.0 Å². The Morgan fingerprint density at radius 3 is 0.356 bits per heavy atom. The molecule has 4 heteroatoms. The fourth-order valence-electron chi connectivity index (χ4n) is 18.4. The van der Waals surface area contributed by atoms with E-state index in [9.17, 15) is 0 Å². The first-order chi connectivity index (χ1) is 50.1. The van der Waals surface area contributed by atoms with E-state index in [1.807, 2.05) is 0 Å². The molecule has 2 aliphatic rings. The van der Waals surface area contributed by atoms with E-state index < -0.39 is 37.7 Å². The van der Waals surface area contributed by atoms with Crippen molar-refractivity contribution in [1.29, 1.82) is 0 Å². The molecule has 2 aliphatic carbocycles. The fraction of sp³-hybridized carbons (Fsp3) is 0.0103. The molecular formula is C97H72Si4. The van der Waals surface area contributed by atoms with Gasteiger partial charge in [0.05, 0.1) is 5.41 Å². The molecule has 1 spiro atoms. The van der Waals surface area contributed by atoms with E-state index in [0.29, 0.717) is 0 Å². The standard InChI is InChI=1S/C97H72Si4/c1-13-37-73(38-14-1)98(74-39-15-2-16-40-74,75-41-17-3-18-42-75)85-61-65-89-90-66-62-86(99(76-43-19-4-20-44-76,77-45-21-5-22-46-77)78-47-23-6-24-48-78)70-94(90)97(93(89)69-85)95-71-87(100(79-49-25-7-26-50-79,80-51-27-8-28-52-80)81-53-29-9-30-54-81)63-67-91(95)92-68-64-88(72-96(92)97)101(82-55-31-10-32-56-82,83-57-33-11-34-58-83)84-59-35-12-36-60-84/h1-72H. The van der Waals surface area contributed by atoms with Crippen LogP contribution in [-0.2, 0) is 5.41 Å². The van der Waals surface area contributed by atoms with Crippen LogP contribution in [0.15, 0.2) is 437 Å². The van der Waals surface area contributed by atoms with Crippen LogP contribution in [0.1, 0.15) is 22.3 Å². The van der Waals surface area contributed by atoms with Crippen LogP contribution in [0.4, 0.5) is 0 Å². The molecule has 0 fully saturated rings. The largest absolute Gasteiger partial charge is 0.179 e. The van der Waals surface area contributed by atoms with Crippen molar-refractivity contribution in [3.8, 4) is 22.3 Å². The van der Waals surface area contributed by atoms with Gasteiger partial charge in [0.15, 0.2) is 32.3 Å². The van der Waals surface area contributed by atoms with Gasteiger partial charge in [-0.05, 0) is 127 Å². The van der Waals surface area contributed by atoms with Gasteiger partial charge in [0.25, 0.3) is 0 Å². The van der Waals surface area contributed by atoms with Crippen LogP contribution in [-0.4, -0.2) is 32.3 Å². The highest BCUT2D eigenvalue weighted by Gasteiger charge is 2.56. The van der Waals surface area contributed by atoms with Gasteiger partial charge in [-0.1, -0.05) is 437 Å². The van der Waals surface area contributed by atoms with Gasteiger partial charge in [0.2, 0.25) is 0 Å². The normalized spacial score (nSPS) is 12.8. The Kier molecular flexibility index (Phi) is 15.6. The molecular weight excluding hydrogens is 1280 g/mol. The first-order valence-corrected chi connectivity index (χ1v) is 43.4. The average molecular weight is 1350 g/mol. The molecule has 0 nitrogen and oxygen atoms in total. The maximum Gasteiger partial charge on any atom is 0.179 e. The summed E-state index contributed by atoms with van der Waals surface area (Å²) in [6.07, 6.45) is 0. The zero-order valence-electron chi connectivity index (χ0n) is 56.1. The maximum atomic E-state index is 2.76. The lowest BCUT2D eigenvalue weighted by Crippen LogP contribution is -2.75. The van der Waals surface area contributed by atoms with Gasteiger partial charge < -0.3 is 0 Å². The Morgan fingerprint density at radius 1 is 0.119 bits per heavy atom. The van der Waals surface area contributed by atoms with Gasteiger partial charge >= 0.3 is 0 Å². The van der Waals surface area contributed by atoms with E-state index in [0.717, 1.165) is 0 Å². The summed E-state index contributed by atoms with van der Waals surface area (Å²) in [6.45, 7) is 0. The maximum absolute atomic E-state index is 3.20. The highest BCUT2D eigenvalue weighted by atomic mass is 28.3. The number of rotatable bonds is 16. The van der Waals surface area contributed by atoms with Gasteiger partial charge in [-0.2, -0.15) is 0 Å². The molecule has 101 heavy (non-hydrogen) atoms. The minimum absolute atomic E-state index is 0.907. The van der Waals surface area contributed by atoms with Crippen molar-refractivity contribution in [2.24, 2.45) is 0 Å². The third-order valence-electron chi connectivity index (χ3n) is 22.5. The molecule has 0 radical (unpaired) electrons. The van der Waals surface area contributed by atoms with Gasteiger partial charge in [-0.3, -0.25) is 0 Å². The van der Waals surface area contributed by atoms with Crippen molar-refractivity contribution in [1.82, 2.24) is 0 Å². The molecule has 0 unspecified atom stereocenters. The molecule has 18 rings (SSSR count). The van der Waals surface area contributed by atoms with Crippen LogP contribution >= 0.6 is 0 Å². The molecule has 0 saturated heterocycles. The molecule has 0 bridgehead atoms. The average Bonchev–Trinajstić information content (AvgIpc) is 1.50. The second-order valence-electron chi connectivity index (χ2n) is 27.2. The Hall–Kier alpha value is -11.6. The van der Waals surface area contributed by atoms with Crippen LogP contribution in [0.2, 0.25) is 0 Å². The van der Waals surface area contributed by atoms with Crippen molar-refractivity contribution in [3.63, 3.8) is 0 Å². The van der Waals surface area contributed by atoms with Crippen molar-refractivity contribution >= 4 is 115 Å². The summed E-state index contributed by atoms with van der Waals surface area (Å²) in [5, 5.41) is 21.5. The Balaban J connectivity index is 1.05. The highest BCUT2D eigenvalue weighted by molar-refractivity contribution is 7.22. The van der Waals surface area contributed by atoms with Crippen LogP contribution in [0, 0.1) is 0 Å². The molecule has 0 atom stereocenters. The van der Waals surface area contributed by atoms with E-state index in [4.69, 9.17) is 0 Å². The molecule has 16 aromatic carbocycles. The zero-order valence-corrected chi connectivity index (χ0v) is 60.1. The molecule has 16 aromatic rings. The van der Waals surface area contributed by atoms with Gasteiger partial charge in [0, 0.05) is 0 Å². The lowest BCUT2D eigenvalue weighted by atomic mass is 9.70. The molecule has 0 saturated carbocycles. The van der Waals surface area contributed by atoms with E-state index in [1.54, 1.807) is 0 Å². The molecule has 0 N–H and O–H groups in total. The lowest BCUT2D eigenvalue weighted by molar-refractivity contribution is 0.796. The minimum Gasteiger partial charge on any atom is -0.0623 e. The first kappa shape index (κ1) is 61.7. The zero-order chi connectivity index (χ0) is 67.3. The predicted molar refractivity (Wildman–Crippen MR) is 437 cm³/mol. The van der Waals surface area contributed by atoms with Crippen molar-refractivity contribution in [3.05, 3.63) is 459 Å². The molecule has 0 heterocycles. The number of fused-ring (bicyclic) bond motifs is 10.